The molecule has 0 saturated carbocycles. The lowest BCUT2D eigenvalue weighted by molar-refractivity contribution is -0.130. The van der Waals surface area contributed by atoms with Crippen molar-refractivity contribution in [3.63, 3.8) is 0 Å². The Hall–Kier alpha value is -1.40. The van der Waals surface area contributed by atoms with E-state index >= 15 is 0 Å². The molecule has 0 unspecified atom stereocenters. The molecule has 0 aromatic carbocycles. The number of hydrogen-bond acceptors (Lipinski definition) is 5. The van der Waals surface area contributed by atoms with Gasteiger partial charge in [-0.05, 0) is 34.4 Å². The van der Waals surface area contributed by atoms with Crippen LogP contribution in [-0.2, 0) is 11.2 Å². The van der Waals surface area contributed by atoms with E-state index < -0.39 is 5.60 Å². The van der Waals surface area contributed by atoms with Gasteiger partial charge in [-0.25, -0.2) is 0 Å². The molecule has 0 bridgehead atoms. The van der Waals surface area contributed by atoms with Crippen molar-refractivity contribution in [2.45, 2.75) is 32.3 Å². The van der Waals surface area contributed by atoms with Crippen molar-refractivity contribution >= 4 is 5.91 Å². The van der Waals surface area contributed by atoms with Gasteiger partial charge in [-0.3, -0.25) is 4.79 Å². The van der Waals surface area contributed by atoms with Crippen LogP contribution in [0.1, 0.15) is 23.4 Å². The Labute approximate surface area is 119 Å². The molecule has 0 radical (unpaired) electrons. The summed E-state index contributed by atoms with van der Waals surface area (Å²) in [7, 11) is 3.85. The van der Waals surface area contributed by atoms with Gasteiger partial charge in [0, 0.05) is 18.7 Å². The van der Waals surface area contributed by atoms with E-state index in [0.717, 1.165) is 11.3 Å². The van der Waals surface area contributed by atoms with Gasteiger partial charge in [0.15, 0.2) is 0 Å². The molecule has 1 fully saturated rings. The molecule has 0 aliphatic carbocycles. The van der Waals surface area contributed by atoms with Crippen LogP contribution >= 0.6 is 0 Å². The summed E-state index contributed by atoms with van der Waals surface area (Å²) in [5.74, 6) is 0.715. The quantitative estimate of drug-likeness (QED) is 0.863. The molecule has 6 heteroatoms. The lowest BCUT2D eigenvalue weighted by atomic mass is 10.0. The molecule has 0 spiro atoms. The fourth-order valence-electron chi connectivity index (χ4n) is 2.80. The molecule has 20 heavy (non-hydrogen) atoms. The molecule has 1 atom stereocenters. The average molecular weight is 281 g/mol. The number of carbonyl (C=O) groups excluding carboxylic acids is 1. The van der Waals surface area contributed by atoms with Crippen LogP contribution in [-0.4, -0.2) is 65.3 Å². The molecule has 2 heterocycles. The van der Waals surface area contributed by atoms with Crippen molar-refractivity contribution in [1.82, 2.24) is 15.0 Å². The third-order valence-corrected chi connectivity index (χ3v) is 3.80. The van der Waals surface area contributed by atoms with Gasteiger partial charge in [0.05, 0.1) is 24.3 Å². The fourth-order valence-corrected chi connectivity index (χ4v) is 2.80. The highest BCUT2D eigenvalue weighted by molar-refractivity contribution is 5.79. The molecule has 1 aromatic heterocycles. The van der Waals surface area contributed by atoms with E-state index in [1.807, 2.05) is 32.8 Å². The summed E-state index contributed by atoms with van der Waals surface area (Å²) in [6.45, 7) is 5.22. The second-order valence-electron chi connectivity index (χ2n) is 6.01. The maximum atomic E-state index is 12.3. The first-order chi connectivity index (χ1) is 9.31. The first-order valence-corrected chi connectivity index (χ1v) is 6.87. The largest absolute Gasteiger partial charge is 0.387 e. The Morgan fingerprint density at radius 1 is 1.50 bits per heavy atom. The Balaban J connectivity index is 1.98. The zero-order valence-corrected chi connectivity index (χ0v) is 12.6. The van der Waals surface area contributed by atoms with Crippen LogP contribution in [0.25, 0.3) is 0 Å². The molecule has 1 saturated heterocycles. The molecular weight excluding hydrogens is 258 g/mol. The maximum absolute atomic E-state index is 12.3. The van der Waals surface area contributed by atoms with Crippen molar-refractivity contribution in [3.05, 3.63) is 17.0 Å². The van der Waals surface area contributed by atoms with E-state index in [1.165, 1.54) is 0 Å². The molecular formula is C14H23N3O3. The van der Waals surface area contributed by atoms with Gasteiger partial charge in [0.1, 0.15) is 5.76 Å². The molecule has 1 aromatic rings. The highest BCUT2D eigenvalue weighted by atomic mass is 16.5. The zero-order chi connectivity index (χ0) is 14.9. The summed E-state index contributed by atoms with van der Waals surface area (Å²) in [6.07, 6.45) is 0.914. The molecule has 1 aliphatic heterocycles. The molecule has 1 amide bonds. The Morgan fingerprint density at radius 3 is 2.75 bits per heavy atom. The Kier molecular flexibility index (Phi) is 4.15. The summed E-state index contributed by atoms with van der Waals surface area (Å²) >= 11 is 0. The number of aryl methyl sites for hydroxylation is 2. The van der Waals surface area contributed by atoms with Crippen molar-refractivity contribution < 1.29 is 14.4 Å². The van der Waals surface area contributed by atoms with Crippen LogP contribution in [0, 0.1) is 13.8 Å². The second-order valence-corrected chi connectivity index (χ2v) is 6.01. The van der Waals surface area contributed by atoms with Gasteiger partial charge in [-0.15, -0.1) is 0 Å². The van der Waals surface area contributed by atoms with E-state index in [1.54, 1.807) is 4.90 Å². The first-order valence-electron chi connectivity index (χ1n) is 6.87. The highest BCUT2D eigenvalue weighted by Gasteiger charge is 2.38. The monoisotopic (exact) mass is 281 g/mol. The van der Waals surface area contributed by atoms with Crippen LogP contribution in [0.3, 0.4) is 0 Å². The van der Waals surface area contributed by atoms with Gasteiger partial charge in [-0.1, -0.05) is 5.16 Å². The zero-order valence-electron chi connectivity index (χ0n) is 12.6. The Morgan fingerprint density at radius 2 is 2.20 bits per heavy atom. The van der Waals surface area contributed by atoms with Crippen LogP contribution in [0.5, 0.6) is 0 Å². The van der Waals surface area contributed by atoms with E-state index in [2.05, 4.69) is 5.16 Å². The number of amides is 1. The minimum Gasteiger partial charge on any atom is -0.387 e. The van der Waals surface area contributed by atoms with E-state index in [9.17, 15) is 9.90 Å². The van der Waals surface area contributed by atoms with Crippen molar-refractivity contribution in [2.75, 3.05) is 33.7 Å². The lowest BCUT2D eigenvalue weighted by Gasteiger charge is -2.26. The van der Waals surface area contributed by atoms with Gasteiger partial charge >= 0.3 is 0 Å². The van der Waals surface area contributed by atoms with Crippen molar-refractivity contribution in [3.8, 4) is 0 Å². The number of likely N-dealkylation sites (N-methyl/N-ethyl adjacent to an activating group) is 1. The molecule has 1 aliphatic rings. The molecule has 1 N–H and O–H groups in total. The normalized spacial score (nSPS) is 22.8. The second kappa shape index (κ2) is 5.54. The predicted molar refractivity (Wildman–Crippen MR) is 74.4 cm³/mol. The van der Waals surface area contributed by atoms with E-state index in [4.69, 9.17) is 4.52 Å². The fraction of sp³-hybridized carbons (Fsp3) is 0.714. The van der Waals surface area contributed by atoms with Crippen LogP contribution in [0.15, 0.2) is 4.52 Å². The SMILES string of the molecule is Cc1noc(C)c1CC(=O)N1CC[C@@](O)(CN(C)C)C1. The summed E-state index contributed by atoms with van der Waals surface area (Å²) in [4.78, 5) is 16.0. The Bertz CT molecular complexity index is 478. The number of likely N-dealkylation sites (tertiary alicyclic amines) is 1. The molecule has 112 valence electrons. The molecule has 2 rings (SSSR count). The van der Waals surface area contributed by atoms with E-state index in [0.29, 0.717) is 38.2 Å². The van der Waals surface area contributed by atoms with Gasteiger partial charge in [0.25, 0.3) is 0 Å². The van der Waals surface area contributed by atoms with Crippen LogP contribution < -0.4 is 0 Å². The standard InChI is InChI=1S/C14H23N3O3/c1-10-12(11(2)20-15-10)7-13(18)17-6-5-14(19,9-17)8-16(3)4/h19H,5-9H2,1-4H3/t14-/m1/s1. The first kappa shape index (κ1) is 15.0. The predicted octanol–water partition coefficient (Wildman–Crippen LogP) is 0.359. The third-order valence-electron chi connectivity index (χ3n) is 3.80. The lowest BCUT2D eigenvalue weighted by Crippen LogP contribution is -2.43. The maximum Gasteiger partial charge on any atom is 0.227 e. The number of aromatic nitrogens is 1. The third kappa shape index (κ3) is 3.19. The minimum atomic E-state index is -0.794. The van der Waals surface area contributed by atoms with Crippen LogP contribution in [0.2, 0.25) is 0 Å². The number of hydrogen-bond donors (Lipinski definition) is 1. The summed E-state index contributed by atoms with van der Waals surface area (Å²) < 4.78 is 5.08. The van der Waals surface area contributed by atoms with Crippen molar-refractivity contribution in [2.24, 2.45) is 0 Å². The summed E-state index contributed by atoms with van der Waals surface area (Å²) in [5, 5.41) is 14.3. The van der Waals surface area contributed by atoms with Gasteiger partial charge in [0.2, 0.25) is 5.91 Å². The number of aliphatic hydroxyl groups is 1. The van der Waals surface area contributed by atoms with E-state index in [-0.39, 0.29) is 5.91 Å². The minimum absolute atomic E-state index is 0.0223. The highest BCUT2D eigenvalue weighted by Crippen LogP contribution is 2.23. The smallest absolute Gasteiger partial charge is 0.227 e. The van der Waals surface area contributed by atoms with Crippen molar-refractivity contribution in [1.29, 1.82) is 0 Å². The van der Waals surface area contributed by atoms with Gasteiger partial charge < -0.3 is 19.4 Å². The number of rotatable bonds is 4. The average Bonchev–Trinajstić information content (AvgIpc) is 2.86. The number of carbonyl (C=O) groups is 1. The number of nitrogens with zero attached hydrogens (tertiary/aromatic N) is 3. The number of β-amino-alcohol motifs (C(OH)–C–C–N with tert-alkyl or cyclic N) is 1. The topological polar surface area (TPSA) is 69.8 Å². The summed E-state index contributed by atoms with van der Waals surface area (Å²) in [6, 6.07) is 0. The van der Waals surface area contributed by atoms with Gasteiger partial charge in [-0.2, -0.15) is 0 Å². The molecule has 6 nitrogen and oxygen atoms in total. The van der Waals surface area contributed by atoms with Crippen LogP contribution in [0.4, 0.5) is 0 Å². The summed E-state index contributed by atoms with van der Waals surface area (Å²) in [5.41, 5.74) is 0.828.